The molecule has 0 N–H and O–H groups in total. The largest absolute Gasteiger partial charge is 0.461 e. The van der Waals surface area contributed by atoms with Crippen LogP contribution in [-0.2, 0) is 16.1 Å². The molecule has 3 aromatic carbocycles. The minimum atomic E-state index is -0.333. The highest BCUT2D eigenvalue weighted by Crippen LogP contribution is 2.62. The van der Waals surface area contributed by atoms with Crippen LogP contribution >= 0.6 is 0 Å². The van der Waals surface area contributed by atoms with Crippen molar-refractivity contribution in [2.24, 2.45) is 17.3 Å². The van der Waals surface area contributed by atoms with E-state index in [1.165, 1.54) is 0 Å². The highest BCUT2D eigenvalue weighted by atomic mass is 16.5. The van der Waals surface area contributed by atoms with Crippen molar-refractivity contribution in [3.05, 3.63) is 102 Å². The van der Waals surface area contributed by atoms with Gasteiger partial charge in [-0.3, -0.25) is 4.79 Å². The Balaban J connectivity index is 1.41. The molecule has 1 saturated carbocycles. The van der Waals surface area contributed by atoms with E-state index in [0.717, 1.165) is 16.9 Å². The van der Waals surface area contributed by atoms with E-state index in [-0.39, 0.29) is 29.8 Å². The summed E-state index contributed by atoms with van der Waals surface area (Å²) < 4.78 is 11.5. The van der Waals surface area contributed by atoms with Crippen molar-refractivity contribution < 1.29 is 14.3 Å². The van der Waals surface area contributed by atoms with Crippen LogP contribution in [-0.4, -0.2) is 5.97 Å². The number of nitriles is 1. The molecule has 32 heavy (non-hydrogen) atoms. The van der Waals surface area contributed by atoms with Crippen molar-refractivity contribution in [3.8, 4) is 17.6 Å². The first-order valence-electron chi connectivity index (χ1n) is 10.6. The van der Waals surface area contributed by atoms with Gasteiger partial charge in [0.1, 0.15) is 18.1 Å². The second-order valence-corrected chi connectivity index (χ2v) is 8.57. The molecule has 4 heteroatoms. The molecule has 160 valence electrons. The Morgan fingerprint density at radius 1 is 0.938 bits per heavy atom. The second kappa shape index (κ2) is 9.11. The summed E-state index contributed by atoms with van der Waals surface area (Å²) in [6.45, 7) is 4.18. The van der Waals surface area contributed by atoms with E-state index in [9.17, 15) is 10.1 Å². The van der Waals surface area contributed by atoms with E-state index in [1.54, 1.807) is 0 Å². The molecule has 3 aromatic rings. The van der Waals surface area contributed by atoms with Crippen molar-refractivity contribution in [2.45, 2.75) is 20.5 Å². The van der Waals surface area contributed by atoms with Crippen molar-refractivity contribution in [2.75, 3.05) is 0 Å². The monoisotopic (exact) mass is 423 g/mol. The molecule has 4 rings (SSSR count). The SMILES string of the molecule is CC1(C)C(C(=O)OCc2cccc(Oc3ccccc3)c2)C1C(C#N)=Cc1ccccc1. The summed E-state index contributed by atoms with van der Waals surface area (Å²) in [5.74, 6) is 0.683. The number of rotatable bonds is 7. The Labute approximate surface area is 188 Å². The highest BCUT2D eigenvalue weighted by molar-refractivity contribution is 5.80. The minimum Gasteiger partial charge on any atom is -0.461 e. The van der Waals surface area contributed by atoms with Crippen LogP contribution in [0.3, 0.4) is 0 Å². The molecule has 0 aliphatic heterocycles. The van der Waals surface area contributed by atoms with Crippen LogP contribution in [0, 0.1) is 28.6 Å². The molecule has 0 spiro atoms. The maximum absolute atomic E-state index is 12.9. The Morgan fingerprint density at radius 2 is 1.59 bits per heavy atom. The molecule has 0 amide bonds. The summed E-state index contributed by atoms with van der Waals surface area (Å²) in [5.41, 5.74) is 2.10. The molecule has 1 aliphatic rings. The average Bonchev–Trinajstić information content (AvgIpc) is 3.39. The maximum atomic E-state index is 12.9. The molecular weight excluding hydrogens is 398 g/mol. The molecular formula is C28H25NO3. The zero-order chi connectivity index (χ0) is 22.6. The van der Waals surface area contributed by atoms with Gasteiger partial charge in [0.2, 0.25) is 0 Å². The lowest BCUT2D eigenvalue weighted by molar-refractivity contribution is -0.147. The predicted octanol–water partition coefficient (Wildman–Crippen LogP) is 6.40. The van der Waals surface area contributed by atoms with Gasteiger partial charge in [-0.2, -0.15) is 5.26 Å². The van der Waals surface area contributed by atoms with Gasteiger partial charge in [0.25, 0.3) is 0 Å². The topological polar surface area (TPSA) is 59.3 Å². The molecule has 1 aliphatic carbocycles. The third kappa shape index (κ3) is 4.73. The lowest BCUT2D eigenvalue weighted by Crippen LogP contribution is -2.10. The van der Waals surface area contributed by atoms with E-state index in [2.05, 4.69) is 6.07 Å². The van der Waals surface area contributed by atoms with Crippen LogP contribution in [0.4, 0.5) is 0 Å². The zero-order valence-electron chi connectivity index (χ0n) is 18.2. The summed E-state index contributed by atoms with van der Waals surface area (Å²) in [6.07, 6.45) is 1.87. The fourth-order valence-electron chi connectivity index (χ4n) is 4.15. The number of nitrogens with zero attached hydrogens (tertiary/aromatic N) is 1. The Morgan fingerprint density at radius 3 is 2.28 bits per heavy atom. The Hall–Kier alpha value is -3.84. The minimum absolute atomic E-state index is 0.145. The smallest absolute Gasteiger partial charge is 0.310 e. The molecule has 0 saturated heterocycles. The van der Waals surface area contributed by atoms with E-state index in [1.807, 2.05) is 105 Å². The standard InChI is InChI=1S/C28H25NO3/c1-28(2)25(22(18-29)16-20-10-5-3-6-11-20)26(28)27(30)31-19-21-12-9-15-24(17-21)32-23-13-7-4-8-14-23/h3-17,25-26H,19H2,1-2H3. The van der Waals surface area contributed by atoms with Crippen molar-refractivity contribution in [3.63, 3.8) is 0 Å². The van der Waals surface area contributed by atoms with Gasteiger partial charge in [-0.05, 0) is 46.9 Å². The highest BCUT2D eigenvalue weighted by Gasteiger charge is 2.64. The van der Waals surface area contributed by atoms with Crippen LogP contribution in [0.15, 0.2) is 90.5 Å². The third-order valence-electron chi connectivity index (χ3n) is 5.93. The van der Waals surface area contributed by atoms with Gasteiger partial charge in [0.05, 0.1) is 12.0 Å². The normalized spacial score (nSPS) is 19.0. The van der Waals surface area contributed by atoms with Gasteiger partial charge >= 0.3 is 5.97 Å². The van der Waals surface area contributed by atoms with Crippen LogP contribution in [0.5, 0.6) is 11.5 Å². The van der Waals surface area contributed by atoms with Crippen LogP contribution < -0.4 is 4.74 Å². The van der Waals surface area contributed by atoms with Gasteiger partial charge in [-0.25, -0.2) is 0 Å². The number of benzene rings is 3. The van der Waals surface area contributed by atoms with Gasteiger partial charge in [0.15, 0.2) is 0 Å². The second-order valence-electron chi connectivity index (χ2n) is 8.57. The van der Waals surface area contributed by atoms with Crippen molar-refractivity contribution in [1.82, 2.24) is 0 Å². The fraction of sp³-hybridized carbons (Fsp3) is 0.214. The van der Waals surface area contributed by atoms with E-state index < -0.39 is 0 Å². The fourth-order valence-corrected chi connectivity index (χ4v) is 4.15. The molecule has 2 unspecified atom stereocenters. The van der Waals surface area contributed by atoms with E-state index in [0.29, 0.717) is 11.3 Å². The number of allylic oxidation sites excluding steroid dienone is 1. The van der Waals surface area contributed by atoms with Crippen LogP contribution in [0.2, 0.25) is 0 Å². The van der Waals surface area contributed by atoms with Gasteiger partial charge in [0, 0.05) is 11.5 Å². The number of ether oxygens (including phenoxy) is 2. The number of carbonyl (C=O) groups excluding carboxylic acids is 1. The molecule has 0 bridgehead atoms. The number of hydrogen-bond acceptors (Lipinski definition) is 4. The first-order valence-corrected chi connectivity index (χ1v) is 10.6. The van der Waals surface area contributed by atoms with Crippen LogP contribution in [0.25, 0.3) is 6.08 Å². The number of esters is 1. The molecule has 4 nitrogen and oxygen atoms in total. The Bertz CT molecular complexity index is 1160. The molecule has 0 radical (unpaired) electrons. The van der Waals surface area contributed by atoms with E-state index >= 15 is 0 Å². The van der Waals surface area contributed by atoms with Crippen LogP contribution in [0.1, 0.15) is 25.0 Å². The number of hydrogen-bond donors (Lipinski definition) is 0. The molecule has 0 heterocycles. The van der Waals surface area contributed by atoms with Gasteiger partial charge in [-0.1, -0.05) is 74.5 Å². The summed E-state index contributed by atoms with van der Waals surface area (Å²) in [7, 11) is 0. The zero-order valence-corrected chi connectivity index (χ0v) is 18.2. The lowest BCUT2D eigenvalue weighted by Gasteiger charge is -2.09. The van der Waals surface area contributed by atoms with E-state index in [4.69, 9.17) is 9.47 Å². The summed E-state index contributed by atoms with van der Waals surface area (Å²) in [4.78, 5) is 12.9. The lowest BCUT2D eigenvalue weighted by atomic mass is 10.0. The average molecular weight is 424 g/mol. The molecule has 0 aromatic heterocycles. The first-order chi connectivity index (χ1) is 15.5. The van der Waals surface area contributed by atoms with Gasteiger partial charge < -0.3 is 9.47 Å². The summed E-state index contributed by atoms with van der Waals surface area (Å²) >= 11 is 0. The quantitative estimate of drug-likeness (QED) is 0.326. The Kier molecular flexibility index (Phi) is 6.09. The number of para-hydroxylation sites is 1. The predicted molar refractivity (Wildman–Crippen MR) is 124 cm³/mol. The third-order valence-corrected chi connectivity index (χ3v) is 5.93. The summed E-state index contributed by atoms with van der Waals surface area (Å²) in [6, 6.07) is 29.0. The summed E-state index contributed by atoms with van der Waals surface area (Å²) in [5, 5.41) is 9.70. The van der Waals surface area contributed by atoms with Gasteiger partial charge in [-0.15, -0.1) is 0 Å². The van der Waals surface area contributed by atoms with Crippen molar-refractivity contribution in [1.29, 1.82) is 5.26 Å². The maximum Gasteiger partial charge on any atom is 0.310 e. The number of carbonyl (C=O) groups is 1. The molecule has 2 atom stereocenters. The first kappa shape index (κ1) is 21.4. The van der Waals surface area contributed by atoms with Crippen molar-refractivity contribution >= 4 is 12.0 Å². The molecule has 1 fully saturated rings.